The van der Waals surface area contributed by atoms with Crippen LogP contribution < -0.4 is 5.73 Å². The number of rotatable bonds is 3. The lowest BCUT2D eigenvalue weighted by atomic mass is 10.1. The number of hydrogen-bond donors (Lipinski definition) is 1. The molecule has 0 aliphatic rings. The van der Waals surface area contributed by atoms with E-state index in [2.05, 4.69) is 0 Å². The summed E-state index contributed by atoms with van der Waals surface area (Å²) in [5.74, 6) is 1.47. The molecule has 1 aromatic heterocycles. The molecule has 1 unspecified atom stereocenters. The molecule has 18 heavy (non-hydrogen) atoms. The van der Waals surface area contributed by atoms with Crippen LogP contribution in [-0.4, -0.2) is 14.7 Å². The molecule has 0 saturated carbocycles. The van der Waals surface area contributed by atoms with E-state index < -0.39 is 9.84 Å². The summed E-state index contributed by atoms with van der Waals surface area (Å²) in [5.41, 5.74) is 6.86. The van der Waals surface area contributed by atoms with Gasteiger partial charge in [0.05, 0.1) is 10.9 Å². The lowest BCUT2D eigenvalue weighted by Crippen LogP contribution is -2.11. The monoisotopic (exact) mass is 265 g/mol. The van der Waals surface area contributed by atoms with Crippen LogP contribution in [0.1, 0.15) is 23.1 Å². The van der Waals surface area contributed by atoms with E-state index in [-0.39, 0.29) is 10.9 Å². The van der Waals surface area contributed by atoms with Crippen molar-refractivity contribution in [2.24, 2.45) is 5.73 Å². The average Bonchev–Trinajstić information content (AvgIpc) is 2.74. The maximum Gasteiger partial charge on any atom is 0.175 e. The molecular formula is C13H15NO3S. The van der Waals surface area contributed by atoms with E-state index in [1.807, 2.05) is 19.1 Å². The SMILES string of the molecule is Cc1ccc(C(N)c2ccc(S(C)(=O)=O)cc2)o1. The van der Waals surface area contributed by atoms with Gasteiger partial charge in [-0.15, -0.1) is 0 Å². The zero-order chi connectivity index (χ0) is 13.3. The number of nitrogens with two attached hydrogens (primary N) is 1. The highest BCUT2D eigenvalue weighted by atomic mass is 32.2. The first-order valence-electron chi connectivity index (χ1n) is 5.50. The van der Waals surface area contributed by atoms with Crippen LogP contribution in [0, 0.1) is 6.92 Å². The summed E-state index contributed by atoms with van der Waals surface area (Å²) in [6.45, 7) is 1.85. The highest BCUT2D eigenvalue weighted by Gasteiger charge is 2.14. The van der Waals surface area contributed by atoms with Gasteiger partial charge in [-0.3, -0.25) is 0 Å². The summed E-state index contributed by atoms with van der Waals surface area (Å²) in [7, 11) is -3.17. The summed E-state index contributed by atoms with van der Waals surface area (Å²) in [6.07, 6.45) is 1.18. The maximum absolute atomic E-state index is 11.3. The van der Waals surface area contributed by atoms with Gasteiger partial charge in [0.15, 0.2) is 9.84 Å². The topological polar surface area (TPSA) is 73.3 Å². The lowest BCUT2D eigenvalue weighted by molar-refractivity contribution is 0.466. The van der Waals surface area contributed by atoms with Crippen LogP contribution in [0.15, 0.2) is 45.7 Å². The van der Waals surface area contributed by atoms with Gasteiger partial charge in [0, 0.05) is 6.26 Å². The van der Waals surface area contributed by atoms with Crippen molar-refractivity contribution in [1.29, 1.82) is 0 Å². The molecule has 96 valence electrons. The van der Waals surface area contributed by atoms with Gasteiger partial charge in [-0.1, -0.05) is 12.1 Å². The number of benzene rings is 1. The zero-order valence-corrected chi connectivity index (χ0v) is 11.1. The number of furan rings is 1. The summed E-state index contributed by atoms with van der Waals surface area (Å²) in [5, 5.41) is 0. The van der Waals surface area contributed by atoms with Crippen molar-refractivity contribution < 1.29 is 12.8 Å². The maximum atomic E-state index is 11.3. The third-order valence-corrected chi connectivity index (χ3v) is 3.86. The van der Waals surface area contributed by atoms with E-state index >= 15 is 0 Å². The number of hydrogen-bond acceptors (Lipinski definition) is 4. The van der Waals surface area contributed by atoms with Gasteiger partial charge in [-0.2, -0.15) is 0 Å². The van der Waals surface area contributed by atoms with Gasteiger partial charge in [0.2, 0.25) is 0 Å². The molecule has 0 spiro atoms. The molecule has 0 aliphatic heterocycles. The molecule has 1 aromatic carbocycles. The average molecular weight is 265 g/mol. The molecule has 0 amide bonds. The van der Waals surface area contributed by atoms with E-state index in [4.69, 9.17) is 10.2 Å². The number of aryl methyl sites for hydroxylation is 1. The van der Waals surface area contributed by atoms with Crippen molar-refractivity contribution in [2.75, 3.05) is 6.26 Å². The Balaban J connectivity index is 2.30. The zero-order valence-electron chi connectivity index (χ0n) is 10.3. The minimum absolute atomic E-state index is 0.286. The van der Waals surface area contributed by atoms with E-state index in [0.29, 0.717) is 5.76 Å². The van der Waals surface area contributed by atoms with Crippen molar-refractivity contribution in [3.8, 4) is 0 Å². The quantitative estimate of drug-likeness (QED) is 0.921. The fourth-order valence-corrected chi connectivity index (χ4v) is 2.34. The van der Waals surface area contributed by atoms with E-state index in [1.54, 1.807) is 24.3 Å². The number of sulfone groups is 1. The molecule has 0 fully saturated rings. The fraction of sp³-hybridized carbons (Fsp3) is 0.231. The molecule has 1 heterocycles. The second-order valence-corrected chi connectivity index (χ2v) is 6.28. The molecule has 2 N–H and O–H groups in total. The Hall–Kier alpha value is -1.59. The molecule has 2 rings (SSSR count). The predicted octanol–water partition coefficient (Wildman–Crippen LogP) is 2.04. The summed E-state index contributed by atoms with van der Waals surface area (Å²) in [6, 6.07) is 9.82. The first kappa shape index (κ1) is 12.9. The minimum Gasteiger partial charge on any atom is -0.464 e. The van der Waals surface area contributed by atoms with Crippen molar-refractivity contribution in [2.45, 2.75) is 17.9 Å². The third kappa shape index (κ3) is 2.63. The van der Waals surface area contributed by atoms with Crippen molar-refractivity contribution in [3.63, 3.8) is 0 Å². The smallest absolute Gasteiger partial charge is 0.175 e. The first-order valence-corrected chi connectivity index (χ1v) is 7.39. The van der Waals surface area contributed by atoms with Crippen molar-refractivity contribution in [1.82, 2.24) is 0 Å². The van der Waals surface area contributed by atoms with Crippen LogP contribution in [0.5, 0.6) is 0 Å². The van der Waals surface area contributed by atoms with E-state index in [0.717, 1.165) is 11.3 Å². The van der Waals surface area contributed by atoms with Gasteiger partial charge in [-0.05, 0) is 36.8 Å². The fourth-order valence-electron chi connectivity index (χ4n) is 1.71. The van der Waals surface area contributed by atoms with Crippen LogP contribution in [0.4, 0.5) is 0 Å². The minimum atomic E-state index is -3.17. The standard InChI is InChI=1S/C13H15NO3S/c1-9-3-8-12(17-9)13(14)10-4-6-11(7-5-10)18(2,15)16/h3-8,13H,14H2,1-2H3. The third-order valence-electron chi connectivity index (χ3n) is 2.74. The van der Waals surface area contributed by atoms with Gasteiger partial charge in [-0.25, -0.2) is 8.42 Å². The normalized spacial score (nSPS) is 13.5. The lowest BCUT2D eigenvalue weighted by Gasteiger charge is -2.09. The Morgan fingerprint density at radius 2 is 1.72 bits per heavy atom. The van der Waals surface area contributed by atoms with Gasteiger partial charge >= 0.3 is 0 Å². The first-order chi connectivity index (χ1) is 8.38. The van der Waals surface area contributed by atoms with E-state index in [9.17, 15) is 8.42 Å². The molecular weight excluding hydrogens is 250 g/mol. The molecule has 4 nitrogen and oxygen atoms in total. The Morgan fingerprint density at radius 1 is 1.11 bits per heavy atom. The Labute approximate surface area is 106 Å². The molecule has 0 saturated heterocycles. The molecule has 2 aromatic rings. The van der Waals surface area contributed by atoms with Gasteiger partial charge < -0.3 is 10.2 Å². The van der Waals surface area contributed by atoms with Crippen molar-refractivity contribution >= 4 is 9.84 Å². The van der Waals surface area contributed by atoms with Crippen LogP contribution in [0.2, 0.25) is 0 Å². The highest BCUT2D eigenvalue weighted by molar-refractivity contribution is 7.90. The van der Waals surface area contributed by atoms with E-state index in [1.165, 1.54) is 6.26 Å². The Morgan fingerprint density at radius 3 is 2.17 bits per heavy atom. The molecule has 0 radical (unpaired) electrons. The van der Waals surface area contributed by atoms with Gasteiger partial charge in [0.25, 0.3) is 0 Å². The molecule has 0 aliphatic carbocycles. The highest BCUT2D eigenvalue weighted by Crippen LogP contribution is 2.22. The Kier molecular flexibility index (Phi) is 3.28. The van der Waals surface area contributed by atoms with Crippen molar-refractivity contribution in [3.05, 3.63) is 53.5 Å². The Bertz CT molecular complexity index is 641. The van der Waals surface area contributed by atoms with Crippen LogP contribution in [-0.2, 0) is 9.84 Å². The molecule has 5 heteroatoms. The predicted molar refractivity (Wildman–Crippen MR) is 69.0 cm³/mol. The second kappa shape index (κ2) is 4.59. The van der Waals surface area contributed by atoms with Crippen LogP contribution >= 0.6 is 0 Å². The largest absolute Gasteiger partial charge is 0.464 e. The summed E-state index contributed by atoms with van der Waals surface area (Å²) < 4.78 is 28.1. The van der Waals surface area contributed by atoms with Crippen LogP contribution in [0.25, 0.3) is 0 Å². The van der Waals surface area contributed by atoms with Gasteiger partial charge in [0.1, 0.15) is 11.5 Å². The summed E-state index contributed by atoms with van der Waals surface area (Å²) in [4.78, 5) is 0.286. The molecule has 1 atom stereocenters. The second-order valence-electron chi connectivity index (χ2n) is 4.27. The van der Waals surface area contributed by atoms with Crippen LogP contribution in [0.3, 0.4) is 0 Å². The summed E-state index contributed by atoms with van der Waals surface area (Å²) >= 11 is 0. The molecule has 0 bridgehead atoms.